The highest BCUT2D eigenvalue weighted by Crippen LogP contribution is 2.18. The van der Waals surface area contributed by atoms with Gasteiger partial charge in [-0.2, -0.15) is 0 Å². The average molecular weight is 331 g/mol. The molecule has 110 valence electrons. The minimum atomic E-state index is -0.403. The van der Waals surface area contributed by atoms with Crippen LogP contribution in [-0.4, -0.2) is 16.8 Å². The monoisotopic (exact) mass is 330 g/mol. The Morgan fingerprint density at radius 3 is 2.05 bits per heavy atom. The summed E-state index contributed by atoms with van der Waals surface area (Å²) >= 11 is 3.34. The highest BCUT2D eigenvalue weighted by Gasteiger charge is 2.20. The summed E-state index contributed by atoms with van der Waals surface area (Å²) < 4.78 is 0. The predicted molar refractivity (Wildman–Crippen MR) is 88.4 cm³/mol. The van der Waals surface area contributed by atoms with Crippen molar-refractivity contribution in [3.05, 3.63) is 44.8 Å². The molecule has 0 aliphatic carbocycles. The molecule has 2 N–H and O–H groups in total. The molecule has 6 heteroatoms. The fourth-order valence-electron chi connectivity index (χ4n) is 1.80. The van der Waals surface area contributed by atoms with Crippen LogP contribution < -0.4 is 5.73 Å². The fraction of sp³-hybridized carbons (Fsp3) is 0.357. The van der Waals surface area contributed by atoms with E-state index in [0.717, 1.165) is 0 Å². The highest BCUT2D eigenvalue weighted by atomic mass is 35.5. The molecule has 2 rings (SSSR count). The van der Waals surface area contributed by atoms with E-state index in [2.05, 4.69) is 12.1 Å². The second-order valence-corrected chi connectivity index (χ2v) is 6.43. The molecule has 0 fully saturated rings. The summed E-state index contributed by atoms with van der Waals surface area (Å²) in [6.45, 7) is 3.22. The van der Waals surface area contributed by atoms with Crippen molar-refractivity contribution in [2.45, 2.75) is 32.5 Å². The molecule has 1 amide bonds. The molecule has 1 atom stereocenters. The predicted octanol–water partition coefficient (Wildman–Crippen LogP) is 3.50. The van der Waals surface area contributed by atoms with Crippen LogP contribution in [0.3, 0.4) is 0 Å². The molecule has 0 unspecified atom stereocenters. The van der Waals surface area contributed by atoms with Gasteiger partial charge in [0.25, 0.3) is 0 Å². The molecule has 0 saturated heterocycles. The third-order valence-electron chi connectivity index (χ3n) is 2.92. The van der Waals surface area contributed by atoms with Gasteiger partial charge in [0.2, 0.25) is 5.91 Å². The Kier molecular flexibility index (Phi) is 7.23. The Hall–Kier alpha value is -0.880. The number of nitrogens with zero attached hydrogens (tertiary/aromatic N) is 1. The maximum Gasteiger partial charge on any atom is 0.240 e. The highest BCUT2D eigenvalue weighted by molar-refractivity contribution is 7.10. The van der Waals surface area contributed by atoms with E-state index < -0.39 is 6.04 Å². The summed E-state index contributed by atoms with van der Waals surface area (Å²) in [6.07, 6.45) is 0.671. The SMILES string of the molecule is CC[C@H](N)C(=O)N(Cc1cccs1)Cc1cccs1.Cl. The average Bonchev–Trinajstić information content (AvgIpc) is 3.09. The van der Waals surface area contributed by atoms with Gasteiger partial charge in [-0.3, -0.25) is 4.79 Å². The maximum absolute atomic E-state index is 12.3. The first-order chi connectivity index (χ1) is 9.20. The van der Waals surface area contributed by atoms with Gasteiger partial charge in [-0.25, -0.2) is 0 Å². The third kappa shape index (κ3) is 4.59. The Labute approximate surface area is 133 Å². The third-order valence-corrected chi connectivity index (χ3v) is 4.64. The summed E-state index contributed by atoms with van der Waals surface area (Å²) in [7, 11) is 0. The minimum absolute atomic E-state index is 0. The van der Waals surface area contributed by atoms with Crippen molar-refractivity contribution < 1.29 is 4.79 Å². The van der Waals surface area contributed by atoms with Gasteiger partial charge in [-0.15, -0.1) is 35.1 Å². The van der Waals surface area contributed by atoms with Crippen molar-refractivity contribution in [1.29, 1.82) is 0 Å². The molecule has 2 aromatic heterocycles. The number of carbonyl (C=O) groups is 1. The van der Waals surface area contributed by atoms with E-state index in [9.17, 15) is 4.79 Å². The minimum Gasteiger partial charge on any atom is -0.331 e. The fourth-order valence-corrected chi connectivity index (χ4v) is 3.24. The second-order valence-electron chi connectivity index (χ2n) is 4.37. The summed E-state index contributed by atoms with van der Waals surface area (Å²) in [5.74, 6) is 0.0318. The van der Waals surface area contributed by atoms with E-state index in [-0.39, 0.29) is 18.3 Å². The van der Waals surface area contributed by atoms with Gasteiger partial charge in [0, 0.05) is 9.75 Å². The van der Waals surface area contributed by atoms with Crippen molar-refractivity contribution in [2.75, 3.05) is 0 Å². The van der Waals surface area contributed by atoms with Gasteiger partial charge in [0.05, 0.1) is 19.1 Å². The van der Waals surface area contributed by atoms with E-state index >= 15 is 0 Å². The number of hydrogen-bond donors (Lipinski definition) is 1. The molecule has 0 radical (unpaired) electrons. The number of nitrogens with two attached hydrogens (primary N) is 1. The Bertz CT molecular complexity index is 463. The topological polar surface area (TPSA) is 46.3 Å². The zero-order valence-corrected chi connectivity index (χ0v) is 13.8. The van der Waals surface area contributed by atoms with Crippen molar-refractivity contribution in [2.24, 2.45) is 5.73 Å². The van der Waals surface area contributed by atoms with E-state index in [1.807, 2.05) is 34.7 Å². The van der Waals surface area contributed by atoms with Crippen molar-refractivity contribution in [1.82, 2.24) is 4.90 Å². The Morgan fingerprint density at radius 1 is 1.20 bits per heavy atom. The number of halogens is 1. The summed E-state index contributed by atoms with van der Waals surface area (Å²) in [5, 5.41) is 4.06. The van der Waals surface area contributed by atoms with Crippen LogP contribution >= 0.6 is 35.1 Å². The summed E-state index contributed by atoms with van der Waals surface area (Å²) in [4.78, 5) is 16.6. The van der Waals surface area contributed by atoms with E-state index in [1.54, 1.807) is 22.7 Å². The van der Waals surface area contributed by atoms with Crippen LogP contribution in [0.1, 0.15) is 23.1 Å². The first kappa shape index (κ1) is 17.2. The standard InChI is InChI=1S/C14H18N2OS2.ClH/c1-2-13(15)14(17)16(9-11-5-3-7-18-11)10-12-6-4-8-19-12;/h3-8,13H,2,9-10,15H2,1H3;1H/t13-;/m0./s1. The van der Waals surface area contributed by atoms with Gasteiger partial charge in [0.1, 0.15) is 0 Å². The Balaban J connectivity index is 0.00000200. The second kappa shape index (κ2) is 8.42. The van der Waals surface area contributed by atoms with Gasteiger partial charge in [-0.05, 0) is 29.3 Å². The Morgan fingerprint density at radius 2 is 1.70 bits per heavy atom. The van der Waals surface area contributed by atoms with Crippen LogP contribution in [-0.2, 0) is 17.9 Å². The molecule has 0 spiro atoms. The van der Waals surface area contributed by atoms with Crippen LogP contribution in [0.25, 0.3) is 0 Å². The van der Waals surface area contributed by atoms with Gasteiger partial charge < -0.3 is 10.6 Å². The summed E-state index contributed by atoms with van der Waals surface area (Å²) in [5.41, 5.74) is 5.89. The molecule has 20 heavy (non-hydrogen) atoms. The molecular weight excluding hydrogens is 312 g/mol. The molecule has 0 aromatic carbocycles. The zero-order valence-electron chi connectivity index (χ0n) is 11.3. The number of amides is 1. The molecular formula is C14H19ClN2OS2. The van der Waals surface area contributed by atoms with Crippen LogP contribution in [0, 0.1) is 0 Å². The van der Waals surface area contributed by atoms with Gasteiger partial charge in [-0.1, -0.05) is 19.1 Å². The number of carbonyl (C=O) groups excluding carboxylic acids is 1. The lowest BCUT2D eigenvalue weighted by Crippen LogP contribution is -2.42. The van der Waals surface area contributed by atoms with Gasteiger partial charge in [0.15, 0.2) is 0 Å². The first-order valence-corrected chi connectivity index (χ1v) is 8.05. The zero-order chi connectivity index (χ0) is 13.7. The molecule has 2 heterocycles. The quantitative estimate of drug-likeness (QED) is 0.881. The van der Waals surface area contributed by atoms with E-state index in [4.69, 9.17) is 5.73 Å². The van der Waals surface area contributed by atoms with Crippen LogP contribution in [0.5, 0.6) is 0 Å². The molecule has 0 aliphatic rings. The molecule has 0 saturated carbocycles. The molecule has 2 aromatic rings. The first-order valence-electron chi connectivity index (χ1n) is 6.29. The molecule has 0 bridgehead atoms. The lowest BCUT2D eigenvalue weighted by Gasteiger charge is -2.24. The largest absolute Gasteiger partial charge is 0.331 e. The van der Waals surface area contributed by atoms with Crippen molar-refractivity contribution >= 4 is 41.0 Å². The van der Waals surface area contributed by atoms with E-state index in [0.29, 0.717) is 19.5 Å². The van der Waals surface area contributed by atoms with Crippen molar-refractivity contribution in [3.63, 3.8) is 0 Å². The maximum atomic E-state index is 12.3. The van der Waals surface area contributed by atoms with E-state index in [1.165, 1.54) is 9.75 Å². The molecule has 3 nitrogen and oxygen atoms in total. The molecule has 0 aliphatic heterocycles. The van der Waals surface area contributed by atoms with Gasteiger partial charge >= 0.3 is 0 Å². The lowest BCUT2D eigenvalue weighted by atomic mass is 10.2. The summed E-state index contributed by atoms with van der Waals surface area (Å²) in [6, 6.07) is 7.72. The number of hydrogen-bond acceptors (Lipinski definition) is 4. The van der Waals surface area contributed by atoms with Crippen LogP contribution in [0.15, 0.2) is 35.0 Å². The van der Waals surface area contributed by atoms with Crippen LogP contribution in [0.2, 0.25) is 0 Å². The van der Waals surface area contributed by atoms with Crippen LogP contribution in [0.4, 0.5) is 0 Å². The number of thiophene rings is 2. The smallest absolute Gasteiger partial charge is 0.240 e. The van der Waals surface area contributed by atoms with Crippen molar-refractivity contribution in [3.8, 4) is 0 Å². The number of rotatable bonds is 6. The normalized spacial score (nSPS) is 11.7. The lowest BCUT2D eigenvalue weighted by molar-refractivity contribution is -0.133.